The van der Waals surface area contributed by atoms with Gasteiger partial charge in [-0.1, -0.05) is 51.8 Å². The van der Waals surface area contributed by atoms with Gasteiger partial charge in [-0.05, 0) is 67.4 Å². The predicted molar refractivity (Wildman–Crippen MR) is 123 cm³/mol. The van der Waals surface area contributed by atoms with E-state index in [9.17, 15) is 4.79 Å². The average Bonchev–Trinajstić information content (AvgIpc) is 3.18. The van der Waals surface area contributed by atoms with Crippen LogP contribution in [0.3, 0.4) is 0 Å². The van der Waals surface area contributed by atoms with Gasteiger partial charge >= 0.3 is 0 Å². The first kappa shape index (κ1) is 20.3. The number of hydrogen-bond donors (Lipinski definition) is 1. The van der Waals surface area contributed by atoms with Crippen LogP contribution in [-0.2, 0) is 0 Å². The number of rotatable bonds is 4. The highest BCUT2D eigenvalue weighted by atomic mass is 79.9. The number of carbonyl (C=O) groups excluding carboxylic acids is 1. The summed E-state index contributed by atoms with van der Waals surface area (Å²) in [5, 5.41) is 8.04. The van der Waals surface area contributed by atoms with Crippen LogP contribution in [0.15, 0.2) is 71.2 Å². The Morgan fingerprint density at radius 2 is 1.70 bits per heavy atom. The summed E-state index contributed by atoms with van der Waals surface area (Å²) in [7, 11) is 0. The Hall–Kier alpha value is -2.96. The molecule has 1 amide bonds. The second-order valence-corrected chi connectivity index (χ2v) is 8.21. The molecule has 0 aliphatic carbocycles. The minimum absolute atomic E-state index is 0.0868. The quantitative estimate of drug-likeness (QED) is 0.376. The summed E-state index contributed by atoms with van der Waals surface area (Å²) in [4.78, 5) is 17.5. The number of aryl methyl sites for hydroxylation is 1. The lowest BCUT2D eigenvalue weighted by Gasteiger charge is -2.08. The first-order valence-corrected chi connectivity index (χ1v) is 10.5. The molecule has 0 spiro atoms. The largest absolute Gasteiger partial charge is 0.319 e. The van der Waals surface area contributed by atoms with E-state index in [2.05, 4.69) is 31.3 Å². The highest BCUT2D eigenvalue weighted by Gasteiger charge is 2.19. The topological polar surface area (TPSA) is 59.8 Å². The first-order chi connectivity index (χ1) is 14.4. The maximum absolute atomic E-state index is 12.9. The van der Waals surface area contributed by atoms with Gasteiger partial charge < -0.3 is 5.32 Å². The summed E-state index contributed by atoms with van der Waals surface area (Å²) in [6, 6.07) is 20.7. The fourth-order valence-corrected chi connectivity index (χ4v) is 3.41. The van der Waals surface area contributed by atoms with Crippen molar-refractivity contribution in [2.45, 2.75) is 13.8 Å². The average molecular weight is 482 g/mol. The molecule has 5 nitrogen and oxygen atoms in total. The summed E-state index contributed by atoms with van der Waals surface area (Å²) in [6.45, 7) is 3.97. The standard InChI is InChI=1S/C23H18BrClN4O/c1-14-4-3-5-20(15(14)2)26-23(30)21-27-22(16-6-8-17(24)9-7-16)29(28-21)19-12-10-18(25)11-13-19/h3-13H,1-2H3,(H,26,30). The molecule has 150 valence electrons. The van der Waals surface area contributed by atoms with Crippen molar-refractivity contribution in [1.29, 1.82) is 0 Å². The molecule has 4 rings (SSSR count). The number of halogens is 2. The van der Waals surface area contributed by atoms with E-state index in [-0.39, 0.29) is 11.7 Å². The highest BCUT2D eigenvalue weighted by molar-refractivity contribution is 9.10. The second kappa shape index (κ2) is 8.42. The smallest absolute Gasteiger partial charge is 0.295 e. The van der Waals surface area contributed by atoms with Crippen LogP contribution in [0.1, 0.15) is 21.7 Å². The molecule has 7 heteroatoms. The van der Waals surface area contributed by atoms with Crippen LogP contribution in [0.2, 0.25) is 5.02 Å². The van der Waals surface area contributed by atoms with Gasteiger partial charge in [-0.15, -0.1) is 5.10 Å². The Labute approximate surface area is 187 Å². The Morgan fingerprint density at radius 1 is 1.00 bits per heavy atom. The number of carbonyl (C=O) groups is 1. The highest BCUT2D eigenvalue weighted by Crippen LogP contribution is 2.25. The minimum Gasteiger partial charge on any atom is -0.319 e. The zero-order chi connectivity index (χ0) is 21.3. The van der Waals surface area contributed by atoms with E-state index >= 15 is 0 Å². The fraction of sp³-hybridized carbons (Fsp3) is 0.0870. The molecular formula is C23H18BrClN4O. The molecule has 0 saturated carbocycles. The fourth-order valence-electron chi connectivity index (χ4n) is 3.02. The van der Waals surface area contributed by atoms with E-state index < -0.39 is 0 Å². The van der Waals surface area contributed by atoms with Gasteiger partial charge in [-0.3, -0.25) is 4.79 Å². The molecule has 0 bridgehead atoms. The molecule has 0 unspecified atom stereocenters. The predicted octanol–water partition coefficient (Wildman–Crippen LogP) is 6.22. The van der Waals surface area contributed by atoms with Gasteiger partial charge in [0, 0.05) is 20.7 Å². The van der Waals surface area contributed by atoms with E-state index in [1.807, 2.05) is 68.4 Å². The van der Waals surface area contributed by atoms with Crippen molar-refractivity contribution < 1.29 is 4.79 Å². The number of anilines is 1. The van der Waals surface area contributed by atoms with Crippen LogP contribution in [0.4, 0.5) is 5.69 Å². The summed E-state index contributed by atoms with van der Waals surface area (Å²) in [6.07, 6.45) is 0. The van der Waals surface area contributed by atoms with E-state index in [1.54, 1.807) is 16.8 Å². The van der Waals surface area contributed by atoms with Crippen molar-refractivity contribution in [3.63, 3.8) is 0 Å². The maximum atomic E-state index is 12.9. The summed E-state index contributed by atoms with van der Waals surface area (Å²) in [5.41, 5.74) is 4.45. The van der Waals surface area contributed by atoms with E-state index in [4.69, 9.17) is 11.6 Å². The molecule has 0 radical (unpaired) electrons. The van der Waals surface area contributed by atoms with Gasteiger partial charge in [0.1, 0.15) is 0 Å². The van der Waals surface area contributed by atoms with Gasteiger partial charge in [0.2, 0.25) is 5.82 Å². The van der Waals surface area contributed by atoms with Crippen molar-refractivity contribution in [1.82, 2.24) is 14.8 Å². The molecule has 0 aliphatic heterocycles. The molecule has 0 saturated heterocycles. The number of nitrogens with zero attached hydrogens (tertiary/aromatic N) is 3. The third-order valence-corrected chi connectivity index (χ3v) is 5.62. The van der Waals surface area contributed by atoms with Crippen molar-refractivity contribution in [3.05, 3.63) is 93.2 Å². The van der Waals surface area contributed by atoms with E-state index in [0.717, 1.165) is 32.5 Å². The Morgan fingerprint density at radius 3 is 2.40 bits per heavy atom. The molecule has 1 aromatic heterocycles. The molecule has 0 atom stereocenters. The lowest BCUT2D eigenvalue weighted by Crippen LogP contribution is -2.15. The molecule has 1 heterocycles. The Balaban J connectivity index is 1.76. The van der Waals surface area contributed by atoms with Crippen LogP contribution in [-0.4, -0.2) is 20.7 Å². The molecule has 3 aromatic carbocycles. The van der Waals surface area contributed by atoms with E-state index in [0.29, 0.717) is 10.8 Å². The van der Waals surface area contributed by atoms with Gasteiger partial charge in [-0.25, -0.2) is 9.67 Å². The Bertz CT molecular complexity index is 1150. The van der Waals surface area contributed by atoms with Crippen molar-refractivity contribution in [2.75, 3.05) is 5.32 Å². The molecule has 30 heavy (non-hydrogen) atoms. The summed E-state index contributed by atoms with van der Waals surface area (Å²) in [5.74, 6) is 0.287. The molecule has 1 N–H and O–H groups in total. The first-order valence-electron chi connectivity index (χ1n) is 9.29. The molecule has 4 aromatic rings. The third kappa shape index (κ3) is 4.15. The number of amides is 1. The second-order valence-electron chi connectivity index (χ2n) is 6.86. The summed E-state index contributed by atoms with van der Waals surface area (Å²) < 4.78 is 2.61. The van der Waals surface area contributed by atoms with Gasteiger partial charge in [0.05, 0.1) is 5.69 Å². The zero-order valence-corrected chi connectivity index (χ0v) is 18.7. The lowest BCUT2D eigenvalue weighted by atomic mass is 10.1. The normalized spacial score (nSPS) is 10.8. The minimum atomic E-state index is -0.366. The van der Waals surface area contributed by atoms with Crippen LogP contribution in [0.5, 0.6) is 0 Å². The van der Waals surface area contributed by atoms with Crippen LogP contribution >= 0.6 is 27.5 Å². The maximum Gasteiger partial charge on any atom is 0.295 e. The monoisotopic (exact) mass is 480 g/mol. The number of nitrogens with one attached hydrogen (secondary N) is 1. The van der Waals surface area contributed by atoms with Crippen molar-refractivity contribution in [2.24, 2.45) is 0 Å². The number of hydrogen-bond acceptors (Lipinski definition) is 3. The van der Waals surface area contributed by atoms with Gasteiger partial charge in [0.25, 0.3) is 5.91 Å². The molecule has 0 aliphatic rings. The lowest BCUT2D eigenvalue weighted by molar-refractivity contribution is 0.101. The molecule has 0 fully saturated rings. The molecular weight excluding hydrogens is 464 g/mol. The Kier molecular flexibility index (Phi) is 5.70. The third-order valence-electron chi connectivity index (χ3n) is 4.84. The number of aromatic nitrogens is 3. The van der Waals surface area contributed by atoms with Crippen LogP contribution in [0, 0.1) is 13.8 Å². The SMILES string of the molecule is Cc1cccc(NC(=O)c2nc(-c3ccc(Br)cc3)n(-c3ccc(Cl)cc3)n2)c1C. The van der Waals surface area contributed by atoms with Gasteiger partial charge in [-0.2, -0.15) is 0 Å². The summed E-state index contributed by atoms with van der Waals surface area (Å²) >= 11 is 9.48. The van der Waals surface area contributed by atoms with E-state index in [1.165, 1.54) is 0 Å². The van der Waals surface area contributed by atoms with Crippen molar-refractivity contribution in [3.8, 4) is 17.1 Å². The zero-order valence-electron chi connectivity index (χ0n) is 16.4. The van der Waals surface area contributed by atoms with Crippen LogP contribution < -0.4 is 5.32 Å². The number of benzene rings is 3. The van der Waals surface area contributed by atoms with Gasteiger partial charge in [0.15, 0.2) is 5.82 Å². The van der Waals surface area contributed by atoms with Crippen molar-refractivity contribution >= 4 is 39.1 Å². The van der Waals surface area contributed by atoms with Crippen LogP contribution in [0.25, 0.3) is 17.1 Å².